The summed E-state index contributed by atoms with van der Waals surface area (Å²) in [6, 6.07) is 9.20. The van der Waals surface area contributed by atoms with Gasteiger partial charge in [-0.25, -0.2) is 18.1 Å². The van der Waals surface area contributed by atoms with Crippen LogP contribution < -0.4 is 14.9 Å². The van der Waals surface area contributed by atoms with Gasteiger partial charge in [0.25, 0.3) is 15.9 Å². The molecular weight excluding hydrogens is 617 g/mol. The van der Waals surface area contributed by atoms with Crippen LogP contribution in [0.1, 0.15) is 60.3 Å². The van der Waals surface area contributed by atoms with Crippen molar-refractivity contribution >= 4 is 44.8 Å². The lowest BCUT2D eigenvalue weighted by atomic mass is 9.96. The molecule has 5 atom stereocenters. The topological polar surface area (TPSA) is 136 Å². The zero-order chi connectivity index (χ0) is 29.9. The highest BCUT2D eigenvalue weighted by molar-refractivity contribution is 7.90. The summed E-state index contributed by atoms with van der Waals surface area (Å²) < 4.78 is 44.3. The normalized spacial score (nSPS) is 26.8. The number of rotatable bonds is 9. The minimum atomic E-state index is -3.93. The number of ether oxygens (including phenoxy) is 2. The minimum Gasteiger partial charge on any atom is -0.373 e. The molecule has 3 aromatic rings. The number of amides is 1. The van der Waals surface area contributed by atoms with Crippen LogP contribution in [0, 0.1) is 5.92 Å². The summed E-state index contributed by atoms with van der Waals surface area (Å²) in [7, 11) is -3.93. The van der Waals surface area contributed by atoms with E-state index in [-0.39, 0.29) is 37.2 Å². The van der Waals surface area contributed by atoms with Crippen molar-refractivity contribution in [3.63, 3.8) is 0 Å². The van der Waals surface area contributed by atoms with Crippen LogP contribution in [0.25, 0.3) is 11.3 Å². The van der Waals surface area contributed by atoms with E-state index in [1.165, 1.54) is 0 Å². The Balaban J connectivity index is 1.02. The first kappa shape index (κ1) is 29.0. The molecule has 7 rings (SSSR count). The zero-order valence-corrected chi connectivity index (χ0v) is 25.7. The number of piperidine rings is 1. The average molecular weight is 649 g/mol. The smallest absolute Gasteiger partial charge is 0.283 e. The number of nitrogens with one attached hydrogen (secondary N) is 2. The van der Waals surface area contributed by atoms with Gasteiger partial charge in [0.1, 0.15) is 17.1 Å². The maximum Gasteiger partial charge on any atom is 0.283 e. The van der Waals surface area contributed by atoms with E-state index in [0.717, 1.165) is 42.7 Å². The molecule has 0 radical (unpaired) electrons. The van der Waals surface area contributed by atoms with Crippen molar-refractivity contribution in [1.29, 1.82) is 0 Å². The number of sulfonamides is 1. The number of fused-ring (bicyclic) bond motifs is 2. The molecule has 0 spiro atoms. The summed E-state index contributed by atoms with van der Waals surface area (Å²) >= 11 is 13.0. The summed E-state index contributed by atoms with van der Waals surface area (Å²) in [4.78, 5) is 19.2. The van der Waals surface area contributed by atoms with Crippen molar-refractivity contribution in [1.82, 2.24) is 20.2 Å². The first-order valence-corrected chi connectivity index (χ1v) is 16.7. The van der Waals surface area contributed by atoms with E-state index >= 15 is 0 Å². The number of aromatic nitrogens is 2. The first-order chi connectivity index (χ1) is 20.7. The van der Waals surface area contributed by atoms with Crippen LogP contribution >= 0.6 is 23.2 Å². The molecule has 43 heavy (non-hydrogen) atoms. The highest BCUT2D eigenvalue weighted by Crippen LogP contribution is 2.48. The number of hydrogen-bond donors (Lipinski definition) is 2. The Morgan fingerprint density at radius 3 is 2.63 bits per heavy atom. The molecule has 4 heterocycles. The second-order valence-electron chi connectivity index (χ2n) is 11.6. The lowest BCUT2D eigenvalue weighted by molar-refractivity contribution is 0.00367. The van der Waals surface area contributed by atoms with E-state index in [2.05, 4.69) is 32.0 Å². The molecule has 2 aliphatic heterocycles. The number of carbonyl (C=O) groups excluding carboxylic acids is 1. The fourth-order valence-corrected chi connectivity index (χ4v) is 8.30. The monoisotopic (exact) mass is 647 g/mol. The van der Waals surface area contributed by atoms with Gasteiger partial charge in [0.2, 0.25) is 0 Å². The molecule has 2 saturated carbocycles. The van der Waals surface area contributed by atoms with Gasteiger partial charge < -0.3 is 18.9 Å². The summed E-state index contributed by atoms with van der Waals surface area (Å²) in [5, 5.41) is 7.13. The fourth-order valence-electron chi connectivity index (χ4n) is 6.66. The zero-order valence-electron chi connectivity index (χ0n) is 23.3. The molecule has 1 unspecified atom stereocenters. The van der Waals surface area contributed by atoms with Crippen LogP contribution in [0.5, 0.6) is 0 Å². The number of benzene rings is 1. The van der Waals surface area contributed by atoms with Crippen molar-refractivity contribution in [3.05, 3.63) is 63.6 Å². The average Bonchev–Trinajstić information content (AvgIpc) is 3.34. The quantitative estimate of drug-likeness (QED) is 0.343. The predicted molar refractivity (Wildman–Crippen MR) is 159 cm³/mol. The molecule has 228 valence electrons. The van der Waals surface area contributed by atoms with Crippen LogP contribution in [-0.2, 0) is 26.1 Å². The molecule has 2 N–H and O–H groups in total. The molecule has 14 heteroatoms. The second-order valence-corrected chi connectivity index (χ2v) is 14.3. The maximum absolute atomic E-state index is 12.6. The SMILES string of the molecule is C[C@H]1[C@H]2C[C@H](C[C@@H]2OCc2c(-c3c(Cl)cccc3Cl)noc2C2CC2)N1c1ccc(C(=O)NS(=O)(=O)C2COCN2)nc1. The Morgan fingerprint density at radius 1 is 1.19 bits per heavy atom. The Kier molecular flexibility index (Phi) is 7.63. The number of halogens is 2. The standard InChI is InChI=1S/C29H31Cl2N5O6S/c1-15-19-9-18(36(15)17-7-8-23(32-11-17)29(37)35-43(38,39)25-13-40-14-33-25)10-24(19)41-12-20-27(34-42-28(20)16-5-6-16)26-21(30)3-2-4-22(26)31/h2-4,7-8,11,15-16,18-19,24-25,33H,5-6,9-10,12-14H2,1H3,(H,35,37)/t15-,18+,19+,24-,25?/m0/s1. The molecule has 1 aromatic carbocycles. The summed E-state index contributed by atoms with van der Waals surface area (Å²) in [6.07, 6.45) is 5.64. The molecule has 2 saturated heterocycles. The van der Waals surface area contributed by atoms with Gasteiger partial charge in [-0.15, -0.1) is 0 Å². The molecule has 2 aromatic heterocycles. The van der Waals surface area contributed by atoms with Gasteiger partial charge in [-0.2, -0.15) is 0 Å². The van der Waals surface area contributed by atoms with Gasteiger partial charge in [0.05, 0.1) is 48.0 Å². The first-order valence-electron chi connectivity index (χ1n) is 14.4. The van der Waals surface area contributed by atoms with Gasteiger partial charge in [0, 0.05) is 35.0 Å². The van der Waals surface area contributed by atoms with Gasteiger partial charge in [-0.3, -0.25) is 10.1 Å². The molecule has 11 nitrogen and oxygen atoms in total. The maximum atomic E-state index is 12.6. The van der Waals surface area contributed by atoms with Gasteiger partial charge in [0.15, 0.2) is 5.37 Å². The van der Waals surface area contributed by atoms with E-state index in [1.807, 2.05) is 12.1 Å². The van der Waals surface area contributed by atoms with Crippen LogP contribution in [-0.4, -0.2) is 61.4 Å². The Labute approximate surface area is 259 Å². The van der Waals surface area contributed by atoms with Crippen molar-refractivity contribution in [2.75, 3.05) is 18.2 Å². The Morgan fingerprint density at radius 2 is 1.98 bits per heavy atom. The van der Waals surface area contributed by atoms with Crippen LogP contribution in [0.3, 0.4) is 0 Å². The largest absolute Gasteiger partial charge is 0.373 e. The van der Waals surface area contributed by atoms with E-state index in [1.54, 1.807) is 24.4 Å². The summed E-state index contributed by atoms with van der Waals surface area (Å²) in [5.74, 6) is 0.735. The molecule has 4 fully saturated rings. The molecule has 2 bridgehead atoms. The predicted octanol–water partition coefficient (Wildman–Crippen LogP) is 4.46. The van der Waals surface area contributed by atoms with Crippen molar-refractivity contribution < 1.29 is 27.2 Å². The van der Waals surface area contributed by atoms with Crippen molar-refractivity contribution in [3.8, 4) is 11.3 Å². The number of carbonyl (C=O) groups is 1. The third-order valence-electron chi connectivity index (χ3n) is 8.96. The highest BCUT2D eigenvalue weighted by Gasteiger charge is 2.50. The lowest BCUT2D eigenvalue weighted by Crippen LogP contribution is -2.45. The van der Waals surface area contributed by atoms with Crippen molar-refractivity contribution in [2.45, 2.75) is 68.7 Å². The van der Waals surface area contributed by atoms with Gasteiger partial charge in [-0.05, 0) is 56.9 Å². The Bertz CT molecular complexity index is 1620. The van der Waals surface area contributed by atoms with Crippen LogP contribution in [0.15, 0.2) is 41.1 Å². The molecule has 4 aliphatic rings. The van der Waals surface area contributed by atoms with Crippen molar-refractivity contribution in [2.24, 2.45) is 5.92 Å². The van der Waals surface area contributed by atoms with Gasteiger partial charge in [-0.1, -0.05) is 34.4 Å². The van der Waals surface area contributed by atoms with E-state index in [9.17, 15) is 13.2 Å². The third-order valence-corrected chi connectivity index (χ3v) is 11.1. The lowest BCUT2D eigenvalue weighted by Gasteiger charge is -2.38. The molecule has 2 aliphatic carbocycles. The summed E-state index contributed by atoms with van der Waals surface area (Å²) in [5.41, 5.74) is 3.14. The fraction of sp³-hybridized carbons (Fsp3) is 0.483. The Hall–Kier alpha value is -2.74. The minimum absolute atomic E-state index is 0.0212. The van der Waals surface area contributed by atoms with Crippen LogP contribution in [0.4, 0.5) is 5.69 Å². The number of nitrogens with zero attached hydrogens (tertiary/aromatic N) is 3. The molecular formula is C29H31Cl2N5O6S. The molecule has 1 amide bonds. The highest BCUT2D eigenvalue weighted by atomic mass is 35.5. The number of hydrogen-bond acceptors (Lipinski definition) is 10. The van der Waals surface area contributed by atoms with Gasteiger partial charge >= 0.3 is 0 Å². The summed E-state index contributed by atoms with van der Waals surface area (Å²) in [6.45, 7) is 2.64. The van der Waals surface area contributed by atoms with E-state index < -0.39 is 21.3 Å². The van der Waals surface area contributed by atoms with E-state index in [0.29, 0.717) is 39.7 Å². The van der Waals surface area contributed by atoms with Crippen LogP contribution in [0.2, 0.25) is 10.0 Å². The second kappa shape index (κ2) is 11.3. The third kappa shape index (κ3) is 5.42. The number of anilines is 1. The van der Waals surface area contributed by atoms with E-state index in [4.69, 9.17) is 37.2 Å². The number of pyridine rings is 1.